The Balaban J connectivity index is 1.59. The van der Waals surface area contributed by atoms with E-state index in [1.807, 2.05) is 11.0 Å². The average molecular weight is 328 g/mol. The first-order chi connectivity index (χ1) is 11.7. The zero-order valence-electron chi connectivity index (χ0n) is 14.7. The molecule has 3 aliphatic heterocycles. The van der Waals surface area contributed by atoms with E-state index in [0.29, 0.717) is 5.75 Å². The minimum atomic E-state index is -0.210. The number of hydrogen-bond acceptors (Lipinski definition) is 1. The van der Waals surface area contributed by atoms with E-state index in [1.165, 1.54) is 49.1 Å². The zero-order chi connectivity index (χ0) is 16.4. The van der Waals surface area contributed by atoms with Crippen LogP contribution < -0.4 is 9.64 Å². The van der Waals surface area contributed by atoms with Crippen LogP contribution in [0.4, 0.5) is 4.39 Å². The molecule has 6 rings (SSSR count). The van der Waals surface area contributed by atoms with Crippen LogP contribution in [-0.2, 0) is 6.42 Å². The van der Waals surface area contributed by atoms with Gasteiger partial charge in [0.2, 0.25) is 0 Å². The van der Waals surface area contributed by atoms with Crippen molar-refractivity contribution in [3.63, 3.8) is 0 Å². The van der Waals surface area contributed by atoms with Crippen LogP contribution in [0.15, 0.2) is 17.7 Å². The van der Waals surface area contributed by atoms with Crippen molar-refractivity contribution < 1.29 is 14.0 Å². The quantitative estimate of drug-likeness (QED) is 0.881. The van der Waals surface area contributed by atoms with E-state index in [0.717, 1.165) is 36.6 Å². The van der Waals surface area contributed by atoms with Crippen LogP contribution in [0.2, 0.25) is 0 Å². The van der Waals surface area contributed by atoms with Crippen LogP contribution in [0.5, 0.6) is 5.75 Å². The monoisotopic (exact) mass is 328 g/mol. The number of rotatable bonds is 2. The molecule has 4 bridgehead atoms. The lowest BCUT2D eigenvalue weighted by molar-refractivity contribution is -0.947. The molecule has 1 N–H and O–H groups in total. The lowest BCUT2D eigenvalue weighted by atomic mass is 9.64. The maximum atomic E-state index is 14.2. The molecule has 0 spiro atoms. The van der Waals surface area contributed by atoms with Gasteiger partial charge in [0.25, 0.3) is 0 Å². The van der Waals surface area contributed by atoms with Crippen molar-refractivity contribution in [3.8, 4) is 5.75 Å². The third-order valence-electron chi connectivity index (χ3n) is 7.33. The second kappa shape index (κ2) is 5.32. The summed E-state index contributed by atoms with van der Waals surface area (Å²) in [5.41, 5.74) is 5.66. The highest BCUT2D eigenvalue weighted by Crippen LogP contribution is 2.49. The number of quaternary nitrogens is 1. The molecule has 2 saturated heterocycles. The molecule has 2 nitrogen and oxygen atoms in total. The smallest absolute Gasteiger partial charge is 0.165 e. The van der Waals surface area contributed by atoms with Gasteiger partial charge >= 0.3 is 0 Å². The average Bonchev–Trinajstić information content (AvgIpc) is 2.90. The number of ether oxygens (including phenoxy) is 1. The molecule has 3 heterocycles. The summed E-state index contributed by atoms with van der Waals surface area (Å²) in [7, 11) is 1.57. The number of nitrogens with one attached hydrogen (secondary N) is 1. The standard InChI is InChI=1S/C21H26FNO/c1-3-13-6-12-7-18-17-8-14-9-19(22)20(24-2)10-16(14)15(17)4-5-23(11-12)21(13)18/h9-10,12-13,18,21H,3-8,11H2,1-2H3/p+1/t12-,13+,18+,21+/m1/s1. The van der Waals surface area contributed by atoms with Gasteiger partial charge < -0.3 is 9.64 Å². The van der Waals surface area contributed by atoms with Crippen molar-refractivity contribution >= 4 is 5.57 Å². The number of hydrogen-bond donors (Lipinski definition) is 1. The minimum Gasteiger partial charge on any atom is -0.494 e. The van der Waals surface area contributed by atoms with Gasteiger partial charge in [-0.1, -0.05) is 12.5 Å². The summed E-state index contributed by atoms with van der Waals surface area (Å²) in [6.45, 7) is 5.01. The summed E-state index contributed by atoms with van der Waals surface area (Å²) in [4.78, 5) is 1.86. The number of methoxy groups -OCH3 is 1. The SMILES string of the molecule is CC[C@H]1C[C@@H]2C[C@H]3C4=C(CC[NH+](C2)[C@@H]13)c1cc(OC)c(F)cc1C4. The number of fused-ring (bicyclic) bond motifs is 3. The predicted molar refractivity (Wildman–Crippen MR) is 92.7 cm³/mol. The summed E-state index contributed by atoms with van der Waals surface area (Å²) < 4.78 is 19.4. The van der Waals surface area contributed by atoms with Crippen molar-refractivity contribution in [2.24, 2.45) is 17.8 Å². The molecule has 2 aliphatic carbocycles. The van der Waals surface area contributed by atoms with E-state index >= 15 is 0 Å². The number of halogens is 1. The van der Waals surface area contributed by atoms with Gasteiger partial charge in [-0.15, -0.1) is 0 Å². The van der Waals surface area contributed by atoms with Crippen molar-refractivity contribution in [1.82, 2.24) is 0 Å². The molecule has 5 aliphatic rings. The molecule has 5 atom stereocenters. The molecular weight excluding hydrogens is 301 g/mol. The summed E-state index contributed by atoms with van der Waals surface area (Å²) >= 11 is 0. The summed E-state index contributed by atoms with van der Waals surface area (Å²) in [6, 6.07) is 4.50. The third kappa shape index (κ3) is 1.97. The van der Waals surface area contributed by atoms with E-state index in [9.17, 15) is 4.39 Å². The van der Waals surface area contributed by atoms with Crippen molar-refractivity contribution in [1.29, 1.82) is 0 Å². The van der Waals surface area contributed by atoms with Gasteiger partial charge in [-0.3, -0.25) is 0 Å². The molecule has 24 heavy (non-hydrogen) atoms. The third-order valence-corrected chi connectivity index (χ3v) is 7.33. The topological polar surface area (TPSA) is 13.7 Å². The fourth-order valence-corrected chi connectivity index (χ4v) is 6.44. The fraction of sp³-hybridized carbons (Fsp3) is 0.619. The first-order valence-corrected chi connectivity index (χ1v) is 9.62. The first kappa shape index (κ1) is 14.9. The molecular formula is C21H27FNO+. The minimum absolute atomic E-state index is 0.210. The van der Waals surface area contributed by atoms with Crippen LogP contribution in [0, 0.1) is 23.6 Å². The van der Waals surface area contributed by atoms with Crippen molar-refractivity contribution in [3.05, 3.63) is 34.6 Å². The Bertz CT molecular complexity index is 725. The van der Waals surface area contributed by atoms with Crippen LogP contribution >= 0.6 is 0 Å². The Morgan fingerprint density at radius 1 is 1.29 bits per heavy atom. The second-order valence-electron chi connectivity index (χ2n) is 8.32. The van der Waals surface area contributed by atoms with Gasteiger partial charge in [-0.05, 0) is 54.5 Å². The molecule has 128 valence electrons. The van der Waals surface area contributed by atoms with Crippen molar-refractivity contribution in [2.45, 2.75) is 45.1 Å². The number of piperidine rings is 2. The van der Waals surface area contributed by atoms with Crippen LogP contribution in [-0.4, -0.2) is 26.2 Å². The van der Waals surface area contributed by atoms with Gasteiger partial charge in [0.1, 0.15) is 0 Å². The molecule has 3 fully saturated rings. The Morgan fingerprint density at radius 3 is 2.96 bits per heavy atom. The van der Waals surface area contributed by atoms with Crippen LogP contribution in [0.3, 0.4) is 0 Å². The maximum absolute atomic E-state index is 14.2. The van der Waals surface area contributed by atoms with E-state index < -0.39 is 0 Å². The number of benzene rings is 1. The normalized spacial score (nSPS) is 36.4. The van der Waals surface area contributed by atoms with Gasteiger partial charge in [0.05, 0.1) is 26.2 Å². The molecule has 0 radical (unpaired) electrons. The second-order valence-corrected chi connectivity index (χ2v) is 8.32. The van der Waals surface area contributed by atoms with E-state index in [2.05, 4.69) is 6.92 Å². The summed E-state index contributed by atoms with van der Waals surface area (Å²) in [5.74, 6) is 2.71. The van der Waals surface area contributed by atoms with Crippen LogP contribution in [0.1, 0.15) is 43.7 Å². The lowest BCUT2D eigenvalue weighted by Gasteiger charge is -2.51. The zero-order valence-corrected chi connectivity index (χ0v) is 14.7. The van der Waals surface area contributed by atoms with Gasteiger partial charge in [0, 0.05) is 24.2 Å². The van der Waals surface area contributed by atoms with E-state index in [4.69, 9.17) is 4.74 Å². The highest BCUT2D eigenvalue weighted by molar-refractivity contribution is 5.78. The Kier molecular flexibility index (Phi) is 3.31. The Hall–Kier alpha value is -1.35. The molecule has 1 aromatic carbocycles. The fourth-order valence-electron chi connectivity index (χ4n) is 6.44. The van der Waals surface area contributed by atoms with Crippen LogP contribution in [0.25, 0.3) is 5.57 Å². The Morgan fingerprint density at radius 2 is 2.17 bits per heavy atom. The Labute approximate surface area is 143 Å². The highest BCUT2D eigenvalue weighted by Gasteiger charge is 2.52. The largest absolute Gasteiger partial charge is 0.494 e. The highest BCUT2D eigenvalue weighted by atomic mass is 19.1. The predicted octanol–water partition coefficient (Wildman–Crippen LogP) is 2.87. The maximum Gasteiger partial charge on any atom is 0.165 e. The molecule has 0 amide bonds. The molecule has 1 aromatic rings. The molecule has 1 saturated carbocycles. The van der Waals surface area contributed by atoms with E-state index in [-0.39, 0.29) is 5.82 Å². The summed E-state index contributed by atoms with van der Waals surface area (Å²) in [5, 5.41) is 0. The van der Waals surface area contributed by atoms with Crippen molar-refractivity contribution in [2.75, 3.05) is 20.2 Å². The summed E-state index contributed by atoms with van der Waals surface area (Å²) in [6.07, 6.45) is 6.27. The molecule has 0 aromatic heterocycles. The van der Waals surface area contributed by atoms with Gasteiger partial charge in [-0.2, -0.15) is 0 Å². The van der Waals surface area contributed by atoms with Gasteiger partial charge in [-0.25, -0.2) is 4.39 Å². The van der Waals surface area contributed by atoms with E-state index in [1.54, 1.807) is 18.7 Å². The first-order valence-electron chi connectivity index (χ1n) is 9.62. The molecule has 1 unspecified atom stereocenters. The molecule has 3 heteroatoms. The van der Waals surface area contributed by atoms with Gasteiger partial charge in [0.15, 0.2) is 11.6 Å². The lowest BCUT2D eigenvalue weighted by Crippen LogP contribution is -3.20.